The quantitative estimate of drug-likeness (QED) is 0.0439. The molecule has 20 heteroatoms. The van der Waals surface area contributed by atoms with Gasteiger partial charge in [0.1, 0.15) is 0 Å². The zero-order valence-electron chi connectivity index (χ0n) is 49.1. The van der Waals surface area contributed by atoms with Crippen LogP contribution in [0.5, 0.6) is 0 Å². The first-order valence-corrected chi connectivity index (χ1v) is 53.3. The zero-order valence-corrected chi connectivity index (χ0v) is 58.4. The minimum Gasteiger partial charge on any atom is -0.384 e. The minimum absolute atomic E-state index is 0.154. The standard InChI is InChI=1S/C33H76O8Si4.C17H44O4Si4/c1-42(2)25-9-13-34-17-21-38-29-33(30-39-22-18-35-14-10-26-43(3)4,31-40-23-19-36-15-11-27-44(5)6)32-41-24-20-37-16-12-28-45(7)8;1-22(2)13-18-9-17(10-19-14-23(3)4,11-20-15-24(5)6)12-21-16-25(7)8/h42-45H,9-32H2,1-8H3;22-25H,9-16H2,1-8H3. The van der Waals surface area contributed by atoms with Gasteiger partial charge in [-0.3, -0.25) is 0 Å². The average molecular weight is 1140 g/mol. The van der Waals surface area contributed by atoms with E-state index in [0.29, 0.717) is 106 Å². The molecule has 424 valence electrons. The molecule has 0 aromatic rings. The van der Waals surface area contributed by atoms with Gasteiger partial charge in [0.2, 0.25) is 0 Å². The highest BCUT2D eigenvalue weighted by molar-refractivity contribution is 6.57. The van der Waals surface area contributed by atoms with Gasteiger partial charge in [-0.2, -0.15) is 0 Å². The van der Waals surface area contributed by atoms with Crippen LogP contribution in [0.1, 0.15) is 25.7 Å². The second-order valence-electron chi connectivity index (χ2n) is 23.4. The lowest BCUT2D eigenvalue weighted by Crippen LogP contribution is -2.44. The molecule has 0 fully saturated rings. The van der Waals surface area contributed by atoms with E-state index < -0.39 is 75.8 Å². The molecule has 0 amide bonds. The van der Waals surface area contributed by atoms with Crippen LogP contribution in [0.4, 0.5) is 0 Å². The maximum atomic E-state index is 6.19. The monoisotopic (exact) mass is 1140 g/mol. The van der Waals surface area contributed by atoms with Crippen molar-refractivity contribution in [2.24, 2.45) is 10.8 Å². The van der Waals surface area contributed by atoms with E-state index in [2.05, 4.69) is 105 Å². The van der Waals surface area contributed by atoms with Crippen molar-refractivity contribution in [3.05, 3.63) is 0 Å². The van der Waals surface area contributed by atoms with Crippen LogP contribution in [-0.4, -0.2) is 227 Å². The van der Waals surface area contributed by atoms with Crippen LogP contribution in [0, 0.1) is 10.8 Å². The van der Waals surface area contributed by atoms with Gasteiger partial charge < -0.3 is 56.8 Å². The molecule has 0 heterocycles. The molecular formula is C50H120O12Si8. The third kappa shape index (κ3) is 54.1. The Balaban J connectivity index is 0. The summed E-state index contributed by atoms with van der Waals surface area (Å²) in [5.74, 6) is 0. The van der Waals surface area contributed by atoms with E-state index in [-0.39, 0.29) is 5.41 Å². The first-order valence-electron chi connectivity index (χ1n) is 28.3. The summed E-state index contributed by atoms with van der Waals surface area (Å²) < 4.78 is 72.5. The molecule has 0 rings (SSSR count). The number of rotatable bonds is 52. The van der Waals surface area contributed by atoms with Gasteiger partial charge in [-0.15, -0.1) is 0 Å². The topological polar surface area (TPSA) is 111 Å². The van der Waals surface area contributed by atoms with E-state index in [1.165, 1.54) is 24.2 Å². The highest BCUT2D eigenvalue weighted by Gasteiger charge is 2.34. The Morgan fingerprint density at radius 1 is 0.200 bits per heavy atom. The summed E-state index contributed by atoms with van der Waals surface area (Å²) in [6, 6.07) is 5.30. The van der Waals surface area contributed by atoms with Crippen molar-refractivity contribution < 1.29 is 56.8 Å². The molecule has 0 aliphatic heterocycles. The Labute approximate surface area is 447 Å². The Hall–Kier alpha value is 1.26. The lowest BCUT2D eigenvalue weighted by Gasteiger charge is -2.34. The van der Waals surface area contributed by atoms with Crippen LogP contribution in [0.3, 0.4) is 0 Å². The van der Waals surface area contributed by atoms with Crippen molar-refractivity contribution in [1.82, 2.24) is 0 Å². The predicted molar refractivity (Wildman–Crippen MR) is 323 cm³/mol. The summed E-state index contributed by atoms with van der Waals surface area (Å²) in [5.41, 5.74) is -0.585. The van der Waals surface area contributed by atoms with Crippen LogP contribution in [0.2, 0.25) is 129 Å². The zero-order chi connectivity index (χ0) is 52.7. The third-order valence-corrected chi connectivity index (χ3v) is 20.7. The van der Waals surface area contributed by atoms with Gasteiger partial charge in [0, 0.05) is 86.5 Å². The lowest BCUT2D eigenvalue weighted by atomic mass is 9.92. The van der Waals surface area contributed by atoms with Crippen molar-refractivity contribution >= 4 is 70.4 Å². The van der Waals surface area contributed by atoms with Gasteiger partial charge in [0.25, 0.3) is 0 Å². The third-order valence-electron chi connectivity index (χ3n) is 10.8. The highest BCUT2D eigenvalue weighted by atomic mass is 28.3. The predicted octanol–water partition coefficient (Wildman–Crippen LogP) is 7.76. The first-order chi connectivity index (χ1) is 33.3. The molecule has 0 spiro atoms. The van der Waals surface area contributed by atoms with E-state index in [1.54, 1.807) is 0 Å². The van der Waals surface area contributed by atoms with Crippen LogP contribution in [0.15, 0.2) is 0 Å². The van der Waals surface area contributed by atoms with E-state index in [0.717, 1.165) is 77.0 Å². The SMILES string of the molecule is C[SiH](C)CCCOCCOCC(COCCOCCC[SiH](C)C)(COCCOCCC[SiH](C)C)COCCOCCC[SiH](C)C.C[SiH](C)COCC(COC[SiH](C)C)(COC[SiH](C)C)COC[SiH](C)C. The van der Waals surface area contributed by atoms with Crippen LogP contribution in [-0.2, 0) is 56.8 Å². The molecule has 0 aliphatic carbocycles. The van der Waals surface area contributed by atoms with E-state index >= 15 is 0 Å². The molecule has 70 heavy (non-hydrogen) atoms. The van der Waals surface area contributed by atoms with Gasteiger partial charge in [-0.25, -0.2) is 0 Å². The van der Waals surface area contributed by atoms with Crippen LogP contribution < -0.4 is 0 Å². The molecule has 12 nitrogen and oxygen atoms in total. The van der Waals surface area contributed by atoms with Gasteiger partial charge >= 0.3 is 0 Å². The Morgan fingerprint density at radius 2 is 0.371 bits per heavy atom. The van der Waals surface area contributed by atoms with Crippen LogP contribution >= 0.6 is 0 Å². The van der Waals surface area contributed by atoms with Crippen molar-refractivity contribution in [3.8, 4) is 0 Å². The molecule has 0 aliphatic rings. The highest BCUT2D eigenvalue weighted by Crippen LogP contribution is 2.23. The van der Waals surface area contributed by atoms with Gasteiger partial charge in [-0.1, -0.05) is 129 Å². The molecule has 0 N–H and O–H groups in total. The van der Waals surface area contributed by atoms with Crippen molar-refractivity contribution in [2.45, 2.75) is 155 Å². The second kappa shape index (κ2) is 51.0. The molecular weight excluding hydrogens is 1020 g/mol. The van der Waals surface area contributed by atoms with E-state index in [1.807, 2.05) is 0 Å². The second-order valence-corrected chi connectivity index (χ2v) is 49.4. The van der Waals surface area contributed by atoms with Crippen molar-refractivity contribution in [3.63, 3.8) is 0 Å². The van der Waals surface area contributed by atoms with Gasteiger partial charge in [-0.05, 0) is 25.7 Å². The summed E-state index contributed by atoms with van der Waals surface area (Å²) in [6.07, 6.45) is 8.25. The first kappa shape index (κ1) is 73.3. The maximum Gasteiger partial charge on any atom is 0.0700 e. The number of ether oxygens (including phenoxy) is 12. The number of hydrogen-bond donors (Lipinski definition) is 0. The van der Waals surface area contributed by atoms with Crippen LogP contribution in [0.25, 0.3) is 0 Å². The molecule has 0 aromatic heterocycles. The Morgan fingerprint density at radius 3 is 0.543 bits per heavy atom. The number of hydrogen-bond acceptors (Lipinski definition) is 12. The van der Waals surface area contributed by atoms with Crippen molar-refractivity contribution in [1.29, 1.82) is 0 Å². The summed E-state index contributed by atoms with van der Waals surface area (Å²) >= 11 is 0. The average Bonchev–Trinajstić information content (AvgIpc) is 3.26. The molecule has 0 aromatic carbocycles. The fourth-order valence-corrected chi connectivity index (χ4v) is 13.2. The summed E-state index contributed by atoms with van der Waals surface area (Å²) in [4.78, 5) is 0. The maximum absolute atomic E-state index is 6.19. The molecule has 0 atom stereocenters. The molecule has 0 bridgehead atoms. The van der Waals surface area contributed by atoms with Gasteiger partial charge in [0.05, 0.1) is 152 Å². The largest absolute Gasteiger partial charge is 0.384 e. The molecule has 0 unspecified atom stereocenters. The smallest absolute Gasteiger partial charge is 0.0700 e. The fourth-order valence-electron chi connectivity index (χ4n) is 6.95. The normalized spacial score (nSPS) is 12.7. The molecule has 0 saturated heterocycles. The Bertz CT molecular complexity index is 908. The summed E-state index contributed by atoms with van der Waals surface area (Å²) in [7, 11) is -4.92. The lowest BCUT2D eigenvalue weighted by molar-refractivity contribution is -0.121. The minimum atomic E-state index is -0.714. The Kier molecular flexibility index (Phi) is 53.5. The molecule has 0 radical (unpaired) electrons. The fraction of sp³-hybridized carbons (Fsp3) is 1.00. The molecule has 0 saturated carbocycles. The van der Waals surface area contributed by atoms with E-state index in [9.17, 15) is 0 Å². The summed E-state index contributed by atoms with van der Waals surface area (Å²) in [5, 5.41) is 0. The summed E-state index contributed by atoms with van der Waals surface area (Å²) in [6.45, 7) is 50.2. The van der Waals surface area contributed by atoms with Crippen molar-refractivity contribution in [2.75, 3.05) is 157 Å². The van der Waals surface area contributed by atoms with Gasteiger partial charge in [0.15, 0.2) is 0 Å². The van der Waals surface area contributed by atoms with E-state index in [4.69, 9.17) is 56.8 Å².